The van der Waals surface area contributed by atoms with E-state index in [-0.39, 0.29) is 36.5 Å². The topological polar surface area (TPSA) is 84.8 Å². The molecule has 2 rings (SSSR count). The molecular weight excluding hydrogens is 260 g/mol. The second-order valence-corrected chi connectivity index (χ2v) is 5.12. The highest BCUT2D eigenvalue weighted by Crippen LogP contribution is 2.24. The minimum absolute atomic E-state index is 0.0481. The molecule has 0 radical (unpaired) electrons. The van der Waals surface area contributed by atoms with Crippen molar-refractivity contribution in [3.8, 4) is 0 Å². The van der Waals surface area contributed by atoms with Gasteiger partial charge in [0.05, 0.1) is 18.7 Å². The molecule has 6 heteroatoms. The molecule has 2 aliphatic rings. The number of hydrogen-bond donors (Lipinski definition) is 1. The van der Waals surface area contributed by atoms with Crippen molar-refractivity contribution in [2.24, 2.45) is 5.16 Å². The average molecular weight is 278 g/mol. The first-order valence-corrected chi connectivity index (χ1v) is 6.74. The second kappa shape index (κ2) is 6.45. The molecule has 0 spiro atoms. The summed E-state index contributed by atoms with van der Waals surface area (Å²) in [5.41, 5.74) is 1.89. The Morgan fingerprint density at radius 1 is 1.45 bits per heavy atom. The first-order valence-electron chi connectivity index (χ1n) is 6.74. The third kappa shape index (κ3) is 4.01. The van der Waals surface area contributed by atoms with Gasteiger partial charge in [0.15, 0.2) is 0 Å². The lowest BCUT2D eigenvalue weighted by Crippen LogP contribution is -2.31. The standard InChI is InChI=1S/C14H18N2O4/c1-9(17)8-15-14(19)7-12-6-13(16-20-12)10-2-4-11(18)5-3-10/h2,12H,3-8H2,1H3,(H,15,19). The van der Waals surface area contributed by atoms with Crippen LogP contribution in [0.3, 0.4) is 0 Å². The summed E-state index contributed by atoms with van der Waals surface area (Å²) in [4.78, 5) is 38.7. The lowest BCUT2D eigenvalue weighted by atomic mass is 9.92. The molecule has 0 bridgehead atoms. The molecular formula is C14H18N2O4. The maximum Gasteiger partial charge on any atom is 0.224 e. The summed E-state index contributed by atoms with van der Waals surface area (Å²) in [5, 5.41) is 6.53. The Hall–Kier alpha value is -1.98. The minimum Gasteiger partial charge on any atom is -0.391 e. The lowest BCUT2D eigenvalue weighted by molar-refractivity contribution is -0.126. The van der Waals surface area contributed by atoms with Gasteiger partial charge in [0.1, 0.15) is 17.7 Å². The van der Waals surface area contributed by atoms with Crippen molar-refractivity contribution in [2.75, 3.05) is 6.54 Å². The zero-order chi connectivity index (χ0) is 14.5. The highest BCUT2D eigenvalue weighted by Gasteiger charge is 2.27. The van der Waals surface area contributed by atoms with Crippen molar-refractivity contribution < 1.29 is 19.2 Å². The van der Waals surface area contributed by atoms with Crippen molar-refractivity contribution in [2.45, 2.75) is 45.1 Å². The number of carbonyl (C=O) groups is 3. The number of rotatable bonds is 5. The number of oxime groups is 1. The number of carbonyl (C=O) groups excluding carboxylic acids is 3. The molecule has 0 saturated carbocycles. The van der Waals surface area contributed by atoms with Gasteiger partial charge in [-0.1, -0.05) is 11.2 Å². The number of amides is 1. The van der Waals surface area contributed by atoms with Crippen molar-refractivity contribution in [1.82, 2.24) is 5.32 Å². The highest BCUT2D eigenvalue weighted by molar-refractivity contribution is 6.03. The molecule has 1 amide bonds. The van der Waals surface area contributed by atoms with Crippen LogP contribution in [0.4, 0.5) is 0 Å². The van der Waals surface area contributed by atoms with Crippen LogP contribution >= 0.6 is 0 Å². The number of Topliss-reactive ketones (excluding diaryl/α,β-unsaturated/α-hetero) is 2. The molecule has 20 heavy (non-hydrogen) atoms. The summed E-state index contributed by atoms with van der Waals surface area (Å²) in [6.07, 6.45) is 4.08. The van der Waals surface area contributed by atoms with Crippen LogP contribution in [0.15, 0.2) is 16.8 Å². The van der Waals surface area contributed by atoms with Gasteiger partial charge in [-0.05, 0) is 18.9 Å². The van der Waals surface area contributed by atoms with Gasteiger partial charge in [-0.15, -0.1) is 0 Å². The van der Waals surface area contributed by atoms with Crippen LogP contribution in [-0.2, 0) is 19.2 Å². The van der Waals surface area contributed by atoms with Crippen LogP contribution in [0.1, 0.15) is 39.0 Å². The Labute approximate surface area is 117 Å². The molecule has 0 fully saturated rings. The fourth-order valence-corrected chi connectivity index (χ4v) is 2.21. The van der Waals surface area contributed by atoms with E-state index in [1.165, 1.54) is 6.92 Å². The molecule has 1 atom stereocenters. The number of allylic oxidation sites excluding steroid dienone is 2. The number of hydrogen-bond acceptors (Lipinski definition) is 5. The average Bonchev–Trinajstić information content (AvgIpc) is 2.85. The maximum atomic E-state index is 11.6. The number of nitrogens with one attached hydrogen (secondary N) is 1. The van der Waals surface area contributed by atoms with Crippen molar-refractivity contribution >= 4 is 23.2 Å². The summed E-state index contributed by atoms with van der Waals surface area (Å²) in [6, 6.07) is 0. The molecule has 1 heterocycles. The van der Waals surface area contributed by atoms with Gasteiger partial charge in [0, 0.05) is 19.3 Å². The van der Waals surface area contributed by atoms with Crippen LogP contribution in [0, 0.1) is 0 Å². The van der Waals surface area contributed by atoms with Crippen LogP contribution in [-0.4, -0.2) is 35.8 Å². The molecule has 1 unspecified atom stereocenters. The predicted molar refractivity (Wildman–Crippen MR) is 72.2 cm³/mol. The van der Waals surface area contributed by atoms with Crippen LogP contribution in [0.2, 0.25) is 0 Å². The third-order valence-corrected chi connectivity index (χ3v) is 3.30. The van der Waals surface area contributed by atoms with E-state index in [0.717, 1.165) is 11.3 Å². The van der Waals surface area contributed by atoms with Crippen molar-refractivity contribution in [1.29, 1.82) is 0 Å². The summed E-state index contributed by atoms with van der Waals surface area (Å²) >= 11 is 0. The smallest absolute Gasteiger partial charge is 0.224 e. The van der Waals surface area contributed by atoms with Crippen LogP contribution in [0.25, 0.3) is 0 Å². The van der Waals surface area contributed by atoms with E-state index in [0.29, 0.717) is 25.7 Å². The highest BCUT2D eigenvalue weighted by atomic mass is 16.6. The lowest BCUT2D eigenvalue weighted by Gasteiger charge is -2.11. The summed E-state index contributed by atoms with van der Waals surface area (Å²) in [5.74, 6) is -0.0532. The normalized spacial score (nSPS) is 21.9. The second-order valence-electron chi connectivity index (χ2n) is 5.12. The molecule has 1 aliphatic heterocycles. The van der Waals surface area contributed by atoms with Gasteiger partial charge in [-0.3, -0.25) is 14.4 Å². The maximum absolute atomic E-state index is 11.6. The quantitative estimate of drug-likeness (QED) is 0.810. The van der Waals surface area contributed by atoms with E-state index in [9.17, 15) is 14.4 Å². The van der Waals surface area contributed by atoms with E-state index in [1.54, 1.807) is 0 Å². The summed E-state index contributed by atoms with van der Waals surface area (Å²) in [6.45, 7) is 1.47. The molecule has 0 aromatic carbocycles. The van der Waals surface area contributed by atoms with Crippen molar-refractivity contribution in [3.05, 3.63) is 11.6 Å². The van der Waals surface area contributed by atoms with E-state index >= 15 is 0 Å². The van der Waals surface area contributed by atoms with E-state index in [1.807, 2.05) is 6.08 Å². The SMILES string of the molecule is CC(=O)CNC(=O)CC1CC(C2=CCC(=O)CC2)=NO1. The van der Waals surface area contributed by atoms with Gasteiger partial charge >= 0.3 is 0 Å². The van der Waals surface area contributed by atoms with Crippen LogP contribution < -0.4 is 5.32 Å². The molecule has 0 saturated heterocycles. The molecule has 1 N–H and O–H groups in total. The monoisotopic (exact) mass is 278 g/mol. The Balaban J connectivity index is 1.78. The zero-order valence-corrected chi connectivity index (χ0v) is 11.5. The number of nitrogens with zero attached hydrogens (tertiary/aromatic N) is 1. The summed E-state index contributed by atoms with van der Waals surface area (Å²) in [7, 11) is 0. The fourth-order valence-electron chi connectivity index (χ4n) is 2.21. The number of ketones is 2. The molecule has 0 aromatic rings. The Bertz CT molecular complexity index is 493. The Morgan fingerprint density at radius 3 is 2.90 bits per heavy atom. The van der Waals surface area contributed by atoms with Gasteiger partial charge in [0.2, 0.25) is 5.91 Å². The van der Waals surface area contributed by atoms with Crippen molar-refractivity contribution in [3.63, 3.8) is 0 Å². The van der Waals surface area contributed by atoms with Gasteiger partial charge in [-0.2, -0.15) is 0 Å². The zero-order valence-electron chi connectivity index (χ0n) is 11.5. The first-order chi connectivity index (χ1) is 9.54. The molecule has 6 nitrogen and oxygen atoms in total. The van der Waals surface area contributed by atoms with Crippen LogP contribution in [0.5, 0.6) is 0 Å². The fraction of sp³-hybridized carbons (Fsp3) is 0.571. The third-order valence-electron chi connectivity index (χ3n) is 3.30. The van der Waals surface area contributed by atoms with E-state index in [2.05, 4.69) is 10.5 Å². The Morgan fingerprint density at radius 2 is 2.25 bits per heavy atom. The van der Waals surface area contributed by atoms with Gasteiger partial charge < -0.3 is 10.2 Å². The summed E-state index contributed by atoms with van der Waals surface area (Å²) < 4.78 is 0. The predicted octanol–water partition coefficient (Wildman–Crippen LogP) is 0.906. The largest absolute Gasteiger partial charge is 0.391 e. The van der Waals surface area contributed by atoms with Gasteiger partial charge in [-0.25, -0.2) is 0 Å². The van der Waals surface area contributed by atoms with E-state index < -0.39 is 0 Å². The van der Waals surface area contributed by atoms with Gasteiger partial charge in [0.25, 0.3) is 0 Å². The Kier molecular flexibility index (Phi) is 4.65. The molecule has 1 aliphatic carbocycles. The minimum atomic E-state index is -0.282. The first kappa shape index (κ1) is 14.4. The van der Waals surface area contributed by atoms with E-state index in [4.69, 9.17) is 4.84 Å². The molecule has 108 valence electrons. The molecule has 0 aromatic heterocycles.